The van der Waals surface area contributed by atoms with E-state index >= 15 is 0 Å². The van der Waals surface area contributed by atoms with Crippen molar-refractivity contribution >= 4 is 60.5 Å². The highest BCUT2D eigenvalue weighted by atomic mass is 16.3. The minimum absolute atomic E-state index is 0.111. The van der Waals surface area contributed by atoms with Gasteiger partial charge in [-0.05, 0) is 75.0 Å². The first-order chi connectivity index (χ1) is 24.1. The van der Waals surface area contributed by atoms with Gasteiger partial charge in [0.2, 0.25) is 0 Å². The lowest BCUT2D eigenvalue weighted by atomic mass is 9.82. The third kappa shape index (κ3) is 4.14. The molecular formula is C47H33NO. The van der Waals surface area contributed by atoms with Crippen molar-refractivity contribution in [2.75, 3.05) is 4.90 Å². The molecular weight excluding hydrogens is 595 g/mol. The molecule has 0 atom stereocenters. The number of hydrogen-bond acceptors (Lipinski definition) is 2. The highest BCUT2D eigenvalue weighted by molar-refractivity contribution is 6.20. The normalized spacial score (nSPS) is 13.3. The van der Waals surface area contributed by atoms with Crippen molar-refractivity contribution < 1.29 is 4.42 Å². The molecule has 0 amide bonds. The van der Waals surface area contributed by atoms with Gasteiger partial charge in [0.1, 0.15) is 11.2 Å². The van der Waals surface area contributed by atoms with E-state index in [0.717, 1.165) is 44.1 Å². The van der Waals surface area contributed by atoms with Crippen molar-refractivity contribution in [1.29, 1.82) is 0 Å². The molecule has 0 saturated carbocycles. The molecule has 8 aromatic carbocycles. The van der Waals surface area contributed by atoms with E-state index in [1.54, 1.807) is 0 Å². The Morgan fingerprint density at radius 2 is 1.14 bits per heavy atom. The molecule has 2 nitrogen and oxygen atoms in total. The summed E-state index contributed by atoms with van der Waals surface area (Å²) in [5, 5.41) is 7.01. The predicted molar refractivity (Wildman–Crippen MR) is 206 cm³/mol. The Kier molecular flexibility index (Phi) is 5.95. The van der Waals surface area contributed by atoms with Gasteiger partial charge in [0, 0.05) is 38.2 Å². The Labute approximate surface area is 285 Å². The standard InChI is InChI=1S/C47H33NO/c1-47(2)40-18-9-7-17-38(40)45-41(47)19-11-20-42(45)48(34-26-24-31(25-27-34)33-23-22-30-12-3-4-13-32(30)28-33)43-29-39-36-15-8-10-21-44(36)49-46(39)37-16-6-5-14-35(37)43/h3-29H,1-2H3. The summed E-state index contributed by atoms with van der Waals surface area (Å²) >= 11 is 0. The zero-order valence-corrected chi connectivity index (χ0v) is 27.4. The molecule has 2 heteroatoms. The molecule has 0 aliphatic heterocycles. The van der Waals surface area contributed by atoms with Crippen LogP contribution in [0.1, 0.15) is 25.0 Å². The van der Waals surface area contributed by atoms with Crippen LogP contribution in [0.3, 0.4) is 0 Å². The topological polar surface area (TPSA) is 16.4 Å². The fourth-order valence-corrected chi connectivity index (χ4v) is 8.21. The van der Waals surface area contributed by atoms with E-state index in [1.165, 1.54) is 49.8 Å². The molecule has 0 unspecified atom stereocenters. The number of anilines is 3. The lowest BCUT2D eigenvalue weighted by Gasteiger charge is -2.30. The van der Waals surface area contributed by atoms with Gasteiger partial charge < -0.3 is 9.32 Å². The Morgan fingerprint density at radius 1 is 0.469 bits per heavy atom. The van der Waals surface area contributed by atoms with Crippen LogP contribution < -0.4 is 4.90 Å². The van der Waals surface area contributed by atoms with E-state index in [0.29, 0.717) is 0 Å². The number of furan rings is 1. The molecule has 0 bridgehead atoms. The summed E-state index contributed by atoms with van der Waals surface area (Å²) in [5.74, 6) is 0. The van der Waals surface area contributed by atoms with E-state index in [9.17, 15) is 0 Å². The molecule has 0 N–H and O–H groups in total. The van der Waals surface area contributed by atoms with Crippen molar-refractivity contribution in [2.45, 2.75) is 19.3 Å². The van der Waals surface area contributed by atoms with Crippen LogP contribution in [0.4, 0.5) is 17.1 Å². The second-order valence-corrected chi connectivity index (χ2v) is 13.7. The van der Waals surface area contributed by atoms with Gasteiger partial charge in [0.25, 0.3) is 0 Å². The first-order valence-corrected chi connectivity index (χ1v) is 17.0. The molecule has 0 fully saturated rings. The molecule has 9 aromatic rings. The first kappa shape index (κ1) is 27.9. The Balaban J connectivity index is 1.25. The van der Waals surface area contributed by atoms with Crippen LogP contribution in [0.25, 0.3) is 65.7 Å². The largest absolute Gasteiger partial charge is 0.455 e. The minimum atomic E-state index is -0.111. The van der Waals surface area contributed by atoms with Gasteiger partial charge in [-0.15, -0.1) is 0 Å². The monoisotopic (exact) mass is 627 g/mol. The summed E-state index contributed by atoms with van der Waals surface area (Å²) < 4.78 is 6.54. The van der Waals surface area contributed by atoms with Gasteiger partial charge in [-0.2, -0.15) is 0 Å². The number of hydrogen-bond donors (Lipinski definition) is 0. The fourth-order valence-electron chi connectivity index (χ4n) is 8.21. The maximum Gasteiger partial charge on any atom is 0.143 e. The third-order valence-corrected chi connectivity index (χ3v) is 10.6. The lowest BCUT2D eigenvalue weighted by molar-refractivity contribution is 0.660. The van der Waals surface area contributed by atoms with Gasteiger partial charge in [0.05, 0.1) is 11.4 Å². The summed E-state index contributed by atoms with van der Waals surface area (Å²) in [7, 11) is 0. The van der Waals surface area contributed by atoms with Gasteiger partial charge in [0.15, 0.2) is 0 Å². The van der Waals surface area contributed by atoms with Crippen LogP contribution in [0.5, 0.6) is 0 Å². The van der Waals surface area contributed by atoms with Crippen LogP contribution >= 0.6 is 0 Å². The zero-order valence-electron chi connectivity index (χ0n) is 27.4. The second kappa shape index (κ2) is 10.4. The zero-order chi connectivity index (χ0) is 32.7. The van der Waals surface area contributed by atoms with Crippen molar-refractivity contribution in [3.8, 4) is 22.3 Å². The van der Waals surface area contributed by atoms with Gasteiger partial charge in [-0.1, -0.05) is 141 Å². The molecule has 49 heavy (non-hydrogen) atoms. The van der Waals surface area contributed by atoms with E-state index in [2.05, 4.69) is 176 Å². The molecule has 1 heterocycles. The van der Waals surface area contributed by atoms with E-state index in [-0.39, 0.29) is 5.41 Å². The number of fused-ring (bicyclic) bond motifs is 9. The number of nitrogens with zero attached hydrogens (tertiary/aromatic N) is 1. The molecule has 0 saturated heterocycles. The maximum atomic E-state index is 6.54. The van der Waals surface area contributed by atoms with Crippen LogP contribution in [0, 0.1) is 0 Å². The molecule has 1 aliphatic carbocycles. The van der Waals surface area contributed by atoms with E-state index in [1.807, 2.05) is 6.07 Å². The average molecular weight is 628 g/mol. The molecule has 0 radical (unpaired) electrons. The predicted octanol–water partition coefficient (Wildman–Crippen LogP) is 13.3. The summed E-state index contributed by atoms with van der Waals surface area (Å²) in [4.78, 5) is 2.48. The van der Waals surface area contributed by atoms with Crippen molar-refractivity contribution in [3.63, 3.8) is 0 Å². The first-order valence-electron chi connectivity index (χ1n) is 17.0. The number of benzene rings is 8. The van der Waals surface area contributed by atoms with Crippen LogP contribution in [-0.2, 0) is 5.41 Å². The molecule has 0 spiro atoms. The Bertz CT molecular complexity index is 2750. The smallest absolute Gasteiger partial charge is 0.143 e. The van der Waals surface area contributed by atoms with Crippen molar-refractivity contribution in [3.05, 3.63) is 175 Å². The Hall–Kier alpha value is -6.12. The maximum absolute atomic E-state index is 6.54. The number of rotatable bonds is 4. The summed E-state index contributed by atoms with van der Waals surface area (Å²) in [6, 6.07) is 59.5. The average Bonchev–Trinajstić information content (AvgIpc) is 3.64. The minimum Gasteiger partial charge on any atom is -0.455 e. The van der Waals surface area contributed by atoms with Gasteiger partial charge in [-0.3, -0.25) is 0 Å². The van der Waals surface area contributed by atoms with Crippen molar-refractivity contribution in [1.82, 2.24) is 0 Å². The van der Waals surface area contributed by atoms with Crippen LogP contribution in [0.15, 0.2) is 168 Å². The van der Waals surface area contributed by atoms with Gasteiger partial charge in [-0.25, -0.2) is 0 Å². The lowest BCUT2D eigenvalue weighted by Crippen LogP contribution is -2.16. The fraction of sp³-hybridized carbons (Fsp3) is 0.0638. The van der Waals surface area contributed by atoms with Crippen LogP contribution in [-0.4, -0.2) is 0 Å². The van der Waals surface area contributed by atoms with Gasteiger partial charge >= 0.3 is 0 Å². The third-order valence-electron chi connectivity index (χ3n) is 10.6. The second-order valence-electron chi connectivity index (χ2n) is 13.7. The SMILES string of the molecule is CC1(C)c2ccccc2-c2c(N(c3ccc(-c4ccc5ccccc5c4)cc3)c3cc4c5ccccc5oc4c4ccccc34)cccc21. The molecule has 1 aliphatic rings. The highest BCUT2D eigenvalue weighted by Gasteiger charge is 2.38. The summed E-state index contributed by atoms with van der Waals surface area (Å²) in [6.07, 6.45) is 0. The van der Waals surface area contributed by atoms with E-state index in [4.69, 9.17) is 4.42 Å². The highest BCUT2D eigenvalue weighted by Crippen LogP contribution is 2.55. The van der Waals surface area contributed by atoms with Crippen molar-refractivity contribution in [2.24, 2.45) is 0 Å². The number of para-hydroxylation sites is 1. The molecule has 1 aromatic heterocycles. The van der Waals surface area contributed by atoms with E-state index < -0.39 is 0 Å². The molecule has 10 rings (SSSR count). The summed E-state index contributed by atoms with van der Waals surface area (Å²) in [6.45, 7) is 4.70. The molecule has 232 valence electrons. The Morgan fingerprint density at radius 3 is 2.00 bits per heavy atom. The quantitative estimate of drug-likeness (QED) is 0.193. The summed E-state index contributed by atoms with van der Waals surface area (Å²) in [5.41, 5.74) is 12.9. The van der Waals surface area contributed by atoms with Crippen LogP contribution in [0.2, 0.25) is 0 Å².